The molecule has 4 nitrogen and oxygen atoms in total. The van der Waals surface area contributed by atoms with Gasteiger partial charge in [-0.05, 0) is 62.8 Å². The van der Waals surface area contributed by atoms with Crippen molar-refractivity contribution in [3.8, 4) is 5.75 Å². The van der Waals surface area contributed by atoms with E-state index in [-0.39, 0.29) is 12.5 Å². The number of hydrogen-bond acceptors (Lipinski definition) is 3. The third-order valence-electron chi connectivity index (χ3n) is 4.02. The largest absolute Gasteiger partial charge is 0.493 e. The molecule has 1 amide bonds. The van der Waals surface area contributed by atoms with Crippen LogP contribution in [-0.4, -0.2) is 29.8 Å². The van der Waals surface area contributed by atoms with Gasteiger partial charge in [-0.3, -0.25) is 4.79 Å². The van der Waals surface area contributed by atoms with E-state index in [9.17, 15) is 9.90 Å². The van der Waals surface area contributed by atoms with Crippen LogP contribution in [-0.2, 0) is 4.79 Å². The van der Waals surface area contributed by atoms with Crippen molar-refractivity contribution in [2.75, 3.05) is 13.2 Å². The van der Waals surface area contributed by atoms with Crippen LogP contribution in [0, 0.1) is 19.8 Å². The van der Waals surface area contributed by atoms with Crippen molar-refractivity contribution in [3.05, 3.63) is 29.3 Å². The molecule has 2 rings (SSSR count). The molecular formula is C17H25NO3. The number of aliphatic hydroxyl groups excluding tert-OH is 1. The summed E-state index contributed by atoms with van der Waals surface area (Å²) in [5, 5.41) is 12.4. The Balaban J connectivity index is 1.78. The van der Waals surface area contributed by atoms with Gasteiger partial charge >= 0.3 is 0 Å². The standard InChI is InChI=1S/C17H25NO3/c1-12-8-13(2)10-15(9-12)21-7-6-16(20)18-17(3,11-19)14-4-5-14/h8-10,14,19H,4-7,11H2,1-3H3,(H,18,20). The summed E-state index contributed by atoms with van der Waals surface area (Å²) in [6, 6.07) is 6.02. The molecule has 0 radical (unpaired) electrons. The Kier molecular flexibility index (Phi) is 4.88. The highest BCUT2D eigenvalue weighted by Crippen LogP contribution is 2.39. The number of aryl methyl sites for hydroxylation is 2. The first-order valence-corrected chi connectivity index (χ1v) is 7.56. The predicted octanol–water partition coefficient (Wildman–Crippen LogP) is 2.35. The Morgan fingerprint density at radius 1 is 1.33 bits per heavy atom. The molecule has 1 aromatic rings. The van der Waals surface area contributed by atoms with Crippen molar-refractivity contribution in [1.29, 1.82) is 0 Å². The summed E-state index contributed by atoms with van der Waals surface area (Å²) in [5.41, 5.74) is 1.82. The minimum Gasteiger partial charge on any atom is -0.493 e. The Bertz CT molecular complexity index is 491. The molecule has 1 unspecified atom stereocenters. The number of rotatable bonds is 7. The molecule has 0 heterocycles. The Hall–Kier alpha value is -1.55. The third kappa shape index (κ3) is 4.46. The van der Waals surface area contributed by atoms with Crippen molar-refractivity contribution < 1.29 is 14.6 Å². The van der Waals surface area contributed by atoms with E-state index < -0.39 is 5.54 Å². The van der Waals surface area contributed by atoms with E-state index in [2.05, 4.69) is 11.4 Å². The van der Waals surface area contributed by atoms with E-state index in [1.807, 2.05) is 32.9 Å². The lowest BCUT2D eigenvalue weighted by molar-refractivity contribution is -0.124. The fourth-order valence-corrected chi connectivity index (χ4v) is 2.65. The summed E-state index contributed by atoms with van der Waals surface area (Å²) in [6.07, 6.45) is 2.46. The first kappa shape index (κ1) is 15.8. The highest BCUT2D eigenvalue weighted by atomic mass is 16.5. The minimum absolute atomic E-state index is 0.0126. The van der Waals surface area contributed by atoms with Gasteiger partial charge in [-0.2, -0.15) is 0 Å². The number of amides is 1. The van der Waals surface area contributed by atoms with E-state index in [1.165, 1.54) is 0 Å². The maximum absolute atomic E-state index is 12.0. The van der Waals surface area contributed by atoms with Gasteiger partial charge in [0, 0.05) is 0 Å². The number of aliphatic hydroxyl groups is 1. The summed E-state index contributed by atoms with van der Waals surface area (Å²) in [6.45, 7) is 6.29. The molecule has 0 spiro atoms. The summed E-state index contributed by atoms with van der Waals surface area (Å²) < 4.78 is 5.64. The summed E-state index contributed by atoms with van der Waals surface area (Å²) >= 11 is 0. The number of carbonyl (C=O) groups excluding carboxylic acids is 1. The molecule has 1 aromatic carbocycles. The number of ether oxygens (including phenoxy) is 1. The molecule has 2 N–H and O–H groups in total. The fraction of sp³-hybridized carbons (Fsp3) is 0.588. The lowest BCUT2D eigenvalue weighted by Crippen LogP contribution is -2.51. The van der Waals surface area contributed by atoms with E-state index in [1.54, 1.807) is 0 Å². The quantitative estimate of drug-likeness (QED) is 0.810. The molecule has 1 fully saturated rings. The van der Waals surface area contributed by atoms with Gasteiger partial charge in [0.25, 0.3) is 0 Å². The first-order valence-electron chi connectivity index (χ1n) is 7.56. The smallest absolute Gasteiger partial charge is 0.223 e. The number of carbonyl (C=O) groups is 1. The minimum atomic E-state index is -0.475. The molecular weight excluding hydrogens is 266 g/mol. The van der Waals surface area contributed by atoms with Crippen molar-refractivity contribution in [2.45, 2.75) is 45.6 Å². The van der Waals surface area contributed by atoms with Gasteiger partial charge in [0.2, 0.25) is 5.91 Å². The first-order chi connectivity index (χ1) is 9.93. The summed E-state index contributed by atoms with van der Waals surface area (Å²) in [5.74, 6) is 1.14. The second kappa shape index (κ2) is 6.48. The molecule has 1 saturated carbocycles. The van der Waals surface area contributed by atoms with Crippen molar-refractivity contribution in [1.82, 2.24) is 5.32 Å². The van der Waals surface area contributed by atoms with E-state index in [0.717, 1.165) is 29.7 Å². The zero-order valence-corrected chi connectivity index (χ0v) is 13.1. The summed E-state index contributed by atoms with van der Waals surface area (Å²) in [4.78, 5) is 12.0. The van der Waals surface area contributed by atoms with E-state index in [4.69, 9.17) is 4.74 Å². The monoisotopic (exact) mass is 291 g/mol. The van der Waals surface area contributed by atoms with Crippen LogP contribution in [0.1, 0.15) is 37.3 Å². The molecule has 1 aliphatic carbocycles. The van der Waals surface area contributed by atoms with Crippen LogP contribution in [0.3, 0.4) is 0 Å². The fourth-order valence-electron chi connectivity index (χ4n) is 2.65. The molecule has 116 valence electrons. The Morgan fingerprint density at radius 3 is 2.48 bits per heavy atom. The average molecular weight is 291 g/mol. The van der Waals surface area contributed by atoms with Crippen molar-refractivity contribution in [2.24, 2.45) is 5.92 Å². The zero-order valence-electron chi connectivity index (χ0n) is 13.1. The van der Waals surface area contributed by atoms with Gasteiger partial charge in [-0.25, -0.2) is 0 Å². The maximum atomic E-state index is 12.0. The molecule has 1 atom stereocenters. The van der Waals surface area contributed by atoms with Crippen LogP contribution in [0.15, 0.2) is 18.2 Å². The van der Waals surface area contributed by atoms with Gasteiger partial charge in [-0.15, -0.1) is 0 Å². The summed E-state index contributed by atoms with van der Waals surface area (Å²) in [7, 11) is 0. The van der Waals surface area contributed by atoms with E-state index >= 15 is 0 Å². The van der Waals surface area contributed by atoms with Gasteiger partial charge in [0.15, 0.2) is 0 Å². The molecule has 0 aromatic heterocycles. The highest BCUT2D eigenvalue weighted by molar-refractivity contribution is 5.77. The number of hydrogen-bond donors (Lipinski definition) is 2. The predicted molar refractivity (Wildman–Crippen MR) is 82.4 cm³/mol. The molecule has 4 heteroatoms. The van der Waals surface area contributed by atoms with E-state index in [0.29, 0.717) is 18.9 Å². The van der Waals surface area contributed by atoms with Crippen molar-refractivity contribution >= 4 is 5.91 Å². The lowest BCUT2D eigenvalue weighted by Gasteiger charge is -2.28. The van der Waals surface area contributed by atoms with Gasteiger partial charge in [0.1, 0.15) is 5.75 Å². The van der Waals surface area contributed by atoms with Crippen LogP contribution in [0.5, 0.6) is 5.75 Å². The lowest BCUT2D eigenvalue weighted by atomic mass is 9.97. The second-order valence-electron chi connectivity index (χ2n) is 6.32. The Labute approximate surface area is 126 Å². The van der Waals surface area contributed by atoms with Crippen molar-refractivity contribution in [3.63, 3.8) is 0 Å². The SMILES string of the molecule is Cc1cc(C)cc(OCCC(=O)NC(C)(CO)C2CC2)c1. The van der Waals surface area contributed by atoms with Crippen LogP contribution in [0.25, 0.3) is 0 Å². The normalized spacial score (nSPS) is 17.1. The molecule has 0 saturated heterocycles. The second-order valence-corrected chi connectivity index (χ2v) is 6.32. The molecule has 0 bridgehead atoms. The Morgan fingerprint density at radius 2 is 1.95 bits per heavy atom. The third-order valence-corrected chi connectivity index (χ3v) is 4.02. The zero-order chi connectivity index (χ0) is 15.5. The highest BCUT2D eigenvalue weighted by Gasteiger charge is 2.41. The van der Waals surface area contributed by atoms with Gasteiger partial charge in [0.05, 0.1) is 25.2 Å². The van der Waals surface area contributed by atoms with Crippen LogP contribution >= 0.6 is 0 Å². The number of benzene rings is 1. The van der Waals surface area contributed by atoms with Crippen LogP contribution in [0.4, 0.5) is 0 Å². The van der Waals surface area contributed by atoms with Gasteiger partial charge < -0.3 is 15.2 Å². The molecule has 1 aliphatic rings. The molecule has 21 heavy (non-hydrogen) atoms. The van der Waals surface area contributed by atoms with Crippen LogP contribution in [0.2, 0.25) is 0 Å². The van der Waals surface area contributed by atoms with Gasteiger partial charge in [-0.1, -0.05) is 6.07 Å². The topological polar surface area (TPSA) is 58.6 Å². The maximum Gasteiger partial charge on any atom is 0.223 e. The van der Waals surface area contributed by atoms with Crippen LogP contribution < -0.4 is 10.1 Å². The molecule has 0 aliphatic heterocycles. The number of nitrogens with one attached hydrogen (secondary N) is 1. The average Bonchev–Trinajstić information content (AvgIpc) is 3.22.